The Morgan fingerprint density at radius 1 is 1.26 bits per heavy atom. The fraction of sp³-hybridized carbons (Fsp3) is 0.333. The van der Waals surface area contributed by atoms with Crippen molar-refractivity contribution in [3.63, 3.8) is 0 Å². The number of anilines is 1. The monoisotopic (exact) mass is 431 g/mol. The van der Waals surface area contributed by atoms with Gasteiger partial charge in [0.2, 0.25) is 5.91 Å². The third-order valence-corrected chi connectivity index (χ3v) is 6.87. The van der Waals surface area contributed by atoms with Crippen LogP contribution in [0.1, 0.15) is 45.6 Å². The quantitative estimate of drug-likeness (QED) is 0.410. The van der Waals surface area contributed by atoms with Crippen molar-refractivity contribution in [2.75, 3.05) is 5.32 Å². The largest absolute Gasteiger partial charge is 0.330 e. The highest BCUT2D eigenvalue weighted by Crippen LogP contribution is 2.33. The van der Waals surface area contributed by atoms with Crippen LogP contribution in [0.5, 0.6) is 0 Å². The average Bonchev–Trinajstić information content (AvgIpc) is 3.38. The van der Waals surface area contributed by atoms with E-state index in [2.05, 4.69) is 46.0 Å². The third kappa shape index (κ3) is 3.97. The zero-order chi connectivity index (χ0) is 21.4. The molecule has 0 saturated heterocycles. The van der Waals surface area contributed by atoms with Gasteiger partial charge >= 0.3 is 0 Å². The van der Waals surface area contributed by atoms with E-state index in [4.69, 9.17) is 4.98 Å². The maximum atomic E-state index is 12.2. The summed E-state index contributed by atoms with van der Waals surface area (Å²) in [6.07, 6.45) is 11.7. The minimum absolute atomic E-state index is 0.0997. The smallest absolute Gasteiger partial charge is 0.224 e. The number of nitrogens with one attached hydrogen (secondary N) is 1. The number of pyridine rings is 1. The molecular formula is C24H25N5OS. The Labute approximate surface area is 185 Å². The molecule has 7 heteroatoms. The summed E-state index contributed by atoms with van der Waals surface area (Å²) in [6.45, 7) is 4.29. The minimum Gasteiger partial charge on any atom is -0.330 e. The van der Waals surface area contributed by atoms with Gasteiger partial charge in [-0.2, -0.15) is 0 Å². The van der Waals surface area contributed by atoms with Gasteiger partial charge in [-0.1, -0.05) is 6.42 Å². The lowest BCUT2D eigenvalue weighted by Gasteiger charge is -2.24. The first-order chi connectivity index (χ1) is 15.1. The number of fused-ring (bicyclic) bond motifs is 1. The van der Waals surface area contributed by atoms with Crippen LogP contribution in [0, 0.1) is 5.92 Å². The number of hydrogen-bond donors (Lipinski definition) is 1. The molecule has 0 aliphatic heterocycles. The summed E-state index contributed by atoms with van der Waals surface area (Å²) in [6, 6.07) is 6.39. The van der Waals surface area contributed by atoms with Gasteiger partial charge in [-0.25, -0.2) is 9.97 Å². The van der Waals surface area contributed by atoms with Crippen LogP contribution in [0.2, 0.25) is 0 Å². The van der Waals surface area contributed by atoms with Crippen molar-refractivity contribution in [2.45, 2.75) is 45.6 Å². The van der Waals surface area contributed by atoms with Crippen LogP contribution in [0.4, 0.5) is 5.69 Å². The Morgan fingerprint density at radius 3 is 2.87 bits per heavy atom. The fourth-order valence-corrected chi connectivity index (χ4v) is 4.81. The number of carbonyl (C=O) groups excluding carboxylic acids is 1. The fourth-order valence-electron chi connectivity index (χ4n) is 4.02. The van der Waals surface area contributed by atoms with E-state index in [0.717, 1.165) is 38.5 Å². The molecule has 0 spiro atoms. The number of nitrogens with zero attached hydrogens (tertiary/aromatic N) is 4. The highest BCUT2D eigenvalue weighted by atomic mass is 32.1. The normalized spacial score (nSPS) is 14.2. The van der Waals surface area contributed by atoms with Crippen LogP contribution < -0.4 is 5.32 Å². The highest BCUT2D eigenvalue weighted by molar-refractivity contribution is 7.14. The molecule has 0 radical (unpaired) electrons. The third-order valence-electron chi connectivity index (χ3n) is 5.92. The van der Waals surface area contributed by atoms with Crippen LogP contribution >= 0.6 is 11.3 Å². The lowest BCUT2D eigenvalue weighted by molar-refractivity contribution is -0.117. The molecule has 1 N–H and O–H groups in total. The second kappa shape index (κ2) is 8.23. The minimum atomic E-state index is 0.0997. The van der Waals surface area contributed by atoms with Crippen molar-refractivity contribution < 1.29 is 4.79 Å². The molecule has 1 fully saturated rings. The van der Waals surface area contributed by atoms with Crippen LogP contribution in [0.3, 0.4) is 0 Å². The molecule has 1 aliphatic rings. The predicted octanol–water partition coefficient (Wildman–Crippen LogP) is 5.93. The average molecular weight is 432 g/mol. The van der Waals surface area contributed by atoms with Gasteiger partial charge in [0.25, 0.3) is 0 Å². The molecule has 6 nitrogen and oxygen atoms in total. The van der Waals surface area contributed by atoms with E-state index >= 15 is 0 Å². The van der Waals surface area contributed by atoms with Gasteiger partial charge in [0.15, 0.2) is 0 Å². The van der Waals surface area contributed by atoms with E-state index in [0.29, 0.717) is 18.4 Å². The van der Waals surface area contributed by atoms with Gasteiger partial charge in [-0.05, 0) is 50.8 Å². The summed E-state index contributed by atoms with van der Waals surface area (Å²) in [5.74, 6) is 0.658. The van der Waals surface area contributed by atoms with Gasteiger partial charge < -0.3 is 9.88 Å². The van der Waals surface area contributed by atoms with E-state index in [9.17, 15) is 4.79 Å². The molecule has 4 aromatic rings. The van der Waals surface area contributed by atoms with Crippen molar-refractivity contribution in [1.29, 1.82) is 0 Å². The summed E-state index contributed by atoms with van der Waals surface area (Å²) < 4.78 is 2.16. The molecule has 5 rings (SSSR count). The summed E-state index contributed by atoms with van der Waals surface area (Å²) >= 11 is 1.57. The number of amides is 1. The van der Waals surface area contributed by atoms with Crippen molar-refractivity contribution in [3.8, 4) is 21.8 Å². The SMILES string of the molecule is CC(C)n1ccc2c(-c3cncc(-c4cc(NC(=O)CC5CCC5)cs4)n3)ccnc21. The van der Waals surface area contributed by atoms with E-state index in [1.165, 1.54) is 19.3 Å². The Hall–Kier alpha value is -3.06. The second-order valence-corrected chi connectivity index (χ2v) is 9.36. The van der Waals surface area contributed by atoms with Crippen LogP contribution in [0.15, 0.2) is 48.4 Å². The predicted molar refractivity (Wildman–Crippen MR) is 125 cm³/mol. The first-order valence-corrected chi connectivity index (χ1v) is 11.6. The standard InChI is InChI=1S/C24H25N5OS/c1-15(2)29-9-7-19-18(6-8-26-24(19)29)20-12-25-13-21(28-20)22-11-17(14-31-22)27-23(30)10-16-4-3-5-16/h6-9,11-16H,3-5,10H2,1-2H3,(H,27,30). The van der Waals surface area contributed by atoms with Crippen LogP contribution in [-0.4, -0.2) is 25.4 Å². The first kappa shape index (κ1) is 19.9. The van der Waals surface area contributed by atoms with E-state index in [-0.39, 0.29) is 5.91 Å². The molecule has 1 aliphatic carbocycles. The summed E-state index contributed by atoms with van der Waals surface area (Å²) in [4.78, 5) is 27.1. The molecule has 0 unspecified atom stereocenters. The van der Waals surface area contributed by atoms with Gasteiger partial charge in [0.1, 0.15) is 5.65 Å². The first-order valence-electron chi connectivity index (χ1n) is 10.7. The summed E-state index contributed by atoms with van der Waals surface area (Å²) in [5, 5.41) is 6.06. The Kier molecular flexibility index (Phi) is 5.28. The molecule has 0 bridgehead atoms. The van der Waals surface area contributed by atoms with Crippen LogP contribution in [0.25, 0.3) is 32.9 Å². The van der Waals surface area contributed by atoms with Crippen molar-refractivity contribution >= 4 is 34.0 Å². The number of rotatable bonds is 6. The van der Waals surface area contributed by atoms with Gasteiger partial charge in [-0.3, -0.25) is 9.78 Å². The topological polar surface area (TPSA) is 72.7 Å². The zero-order valence-corrected chi connectivity index (χ0v) is 18.5. The molecule has 0 aromatic carbocycles. The number of hydrogen-bond acceptors (Lipinski definition) is 5. The molecule has 1 saturated carbocycles. The van der Waals surface area contributed by atoms with Gasteiger partial charge in [-0.15, -0.1) is 11.3 Å². The Bertz CT molecular complexity index is 1240. The molecule has 0 atom stereocenters. The second-order valence-electron chi connectivity index (χ2n) is 8.45. The lowest BCUT2D eigenvalue weighted by Crippen LogP contribution is -2.20. The lowest BCUT2D eigenvalue weighted by atomic mass is 9.83. The summed E-state index contributed by atoms with van der Waals surface area (Å²) in [5.41, 5.74) is 4.42. The molecule has 4 heterocycles. The molecule has 158 valence electrons. The number of aromatic nitrogens is 4. The number of carbonyl (C=O) groups is 1. The maximum absolute atomic E-state index is 12.2. The zero-order valence-electron chi connectivity index (χ0n) is 17.7. The van der Waals surface area contributed by atoms with Crippen molar-refractivity contribution in [3.05, 3.63) is 48.4 Å². The molecule has 1 amide bonds. The van der Waals surface area contributed by atoms with E-state index < -0.39 is 0 Å². The highest BCUT2D eigenvalue weighted by Gasteiger charge is 2.21. The molecule has 31 heavy (non-hydrogen) atoms. The number of thiophene rings is 1. The van der Waals surface area contributed by atoms with Crippen LogP contribution in [-0.2, 0) is 4.79 Å². The Morgan fingerprint density at radius 2 is 2.10 bits per heavy atom. The Balaban J connectivity index is 1.41. The summed E-state index contributed by atoms with van der Waals surface area (Å²) in [7, 11) is 0. The van der Waals surface area contributed by atoms with Crippen molar-refractivity contribution in [2.24, 2.45) is 5.92 Å². The van der Waals surface area contributed by atoms with Gasteiger partial charge in [0, 0.05) is 41.2 Å². The maximum Gasteiger partial charge on any atom is 0.224 e. The van der Waals surface area contributed by atoms with Gasteiger partial charge in [0.05, 0.1) is 34.3 Å². The molecule has 4 aromatic heterocycles. The van der Waals surface area contributed by atoms with E-state index in [1.54, 1.807) is 23.7 Å². The van der Waals surface area contributed by atoms with Crippen molar-refractivity contribution in [1.82, 2.24) is 19.5 Å². The van der Waals surface area contributed by atoms with E-state index in [1.807, 2.05) is 23.7 Å². The molecular weight excluding hydrogens is 406 g/mol.